The fraction of sp³-hybridized carbons (Fsp3) is 0.357. The van der Waals surface area contributed by atoms with E-state index in [1.54, 1.807) is 12.1 Å². The molecule has 0 aliphatic carbocycles. The Kier molecular flexibility index (Phi) is 4.69. The minimum atomic E-state index is -4.28. The lowest BCUT2D eigenvalue weighted by molar-refractivity contribution is -0.399. The summed E-state index contributed by atoms with van der Waals surface area (Å²) in [5.74, 6) is -0.237. The van der Waals surface area contributed by atoms with Crippen LogP contribution in [0.2, 0.25) is 0 Å². The molecule has 1 aromatic rings. The largest absolute Gasteiger partial charge is 0.500 e. The van der Waals surface area contributed by atoms with Gasteiger partial charge in [0.15, 0.2) is 0 Å². The lowest BCUT2D eigenvalue weighted by Gasteiger charge is -2.19. The van der Waals surface area contributed by atoms with Crippen LogP contribution < -0.4 is 8.92 Å². The van der Waals surface area contributed by atoms with Crippen LogP contribution in [0.5, 0.6) is 11.5 Å². The van der Waals surface area contributed by atoms with Gasteiger partial charge in [0.1, 0.15) is 17.7 Å². The minimum absolute atomic E-state index is 0.0526. The molecule has 3 amide bonds. The molecule has 0 fully saturated rings. The fourth-order valence-electron chi connectivity index (χ4n) is 1.99. The first-order valence-corrected chi connectivity index (χ1v) is 8.29. The molecular formula is C14H17N2O6S+. The average molecular weight is 341 g/mol. The molecule has 1 heterocycles. The van der Waals surface area contributed by atoms with Gasteiger partial charge in [-0.05, 0) is 31.2 Å². The van der Waals surface area contributed by atoms with Crippen LogP contribution in [0.25, 0.3) is 0 Å². The summed E-state index contributed by atoms with van der Waals surface area (Å²) in [5, 5.41) is -1.58. The molecular weight excluding hydrogens is 324 g/mol. The van der Waals surface area contributed by atoms with Gasteiger partial charge in [-0.1, -0.05) is 0 Å². The molecule has 2 rings (SSSR count). The zero-order valence-electron chi connectivity index (χ0n) is 12.9. The highest BCUT2D eigenvalue weighted by Crippen LogP contribution is 2.21. The number of imide groups is 1. The molecule has 8 nitrogen and oxygen atoms in total. The first kappa shape index (κ1) is 16.9. The molecule has 9 heteroatoms. The summed E-state index contributed by atoms with van der Waals surface area (Å²) in [5.41, 5.74) is 0. The number of urea groups is 1. The molecule has 0 spiro atoms. The normalized spacial score (nSPS) is 18.7. The first-order valence-electron chi connectivity index (χ1n) is 6.81. The molecule has 1 aliphatic heterocycles. The maximum absolute atomic E-state index is 12.3. The highest BCUT2D eigenvalue weighted by Gasteiger charge is 2.47. The predicted molar refractivity (Wildman–Crippen MR) is 81.4 cm³/mol. The van der Waals surface area contributed by atoms with E-state index in [9.17, 15) is 18.0 Å². The third-order valence-corrected chi connectivity index (χ3v) is 4.55. The monoisotopic (exact) mass is 341 g/mol. The Morgan fingerprint density at radius 1 is 1.17 bits per heavy atom. The Balaban J connectivity index is 2.24. The fourth-order valence-corrected chi connectivity index (χ4v) is 3.21. The van der Waals surface area contributed by atoms with Crippen LogP contribution in [0.4, 0.5) is 4.79 Å². The van der Waals surface area contributed by atoms with Crippen LogP contribution in [0.15, 0.2) is 24.3 Å². The number of hydrogen-bond donors (Lipinski definition) is 0. The zero-order valence-corrected chi connectivity index (χ0v) is 13.7. The van der Waals surface area contributed by atoms with Gasteiger partial charge < -0.3 is 8.92 Å². The highest BCUT2D eigenvalue weighted by molar-refractivity contribution is 7.89. The molecule has 23 heavy (non-hydrogen) atoms. The van der Waals surface area contributed by atoms with Crippen molar-refractivity contribution in [3.8, 4) is 11.5 Å². The molecule has 1 aliphatic rings. The van der Waals surface area contributed by atoms with Crippen molar-refractivity contribution in [3.63, 3.8) is 0 Å². The van der Waals surface area contributed by atoms with Gasteiger partial charge in [0.05, 0.1) is 20.7 Å². The van der Waals surface area contributed by atoms with Crippen LogP contribution in [0.3, 0.4) is 0 Å². The van der Waals surface area contributed by atoms with E-state index >= 15 is 0 Å². The summed E-state index contributed by atoms with van der Waals surface area (Å²) in [6.45, 7) is 2.31. The van der Waals surface area contributed by atoms with E-state index in [0.29, 0.717) is 12.4 Å². The number of nitrogens with zero attached hydrogens (tertiary/aromatic N) is 2. The Labute approximate surface area is 134 Å². The van der Waals surface area contributed by atoms with Crippen molar-refractivity contribution in [2.75, 3.05) is 20.7 Å². The number of amides is 3. The van der Waals surface area contributed by atoms with Crippen molar-refractivity contribution in [1.82, 2.24) is 4.90 Å². The maximum Gasteiger partial charge on any atom is 0.500 e. The summed E-state index contributed by atoms with van der Waals surface area (Å²) in [4.78, 5) is 24.4. The molecule has 0 aromatic heterocycles. The Hall–Kier alpha value is -2.42. The van der Waals surface area contributed by atoms with Gasteiger partial charge in [0.25, 0.3) is 5.25 Å². The van der Waals surface area contributed by atoms with Gasteiger partial charge in [0.2, 0.25) is 0 Å². The topological polar surface area (TPSA) is 93.0 Å². The second-order valence-corrected chi connectivity index (χ2v) is 6.50. The predicted octanol–water partition coefficient (Wildman–Crippen LogP) is 0.468. The molecule has 0 saturated heterocycles. The Bertz CT molecular complexity index is 754. The van der Waals surface area contributed by atoms with E-state index in [1.165, 1.54) is 26.2 Å². The zero-order chi connectivity index (χ0) is 17.2. The van der Waals surface area contributed by atoms with E-state index < -0.39 is 27.3 Å². The van der Waals surface area contributed by atoms with E-state index in [0.717, 1.165) is 15.7 Å². The summed E-state index contributed by atoms with van der Waals surface area (Å²) < 4.78 is 35.9. The van der Waals surface area contributed by atoms with Crippen molar-refractivity contribution in [1.29, 1.82) is 0 Å². The van der Waals surface area contributed by atoms with Crippen molar-refractivity contribution in [2.45, 2.75) is 12.2 Å². The first-order chi connectivity index (χ1) is 10.8. The van der Waals surface area contributed by atoms with Gasteiger partial charge in [-0.15, -0.1) is 0 Å². The molecule has 0 saturated carbocycles. The van der Waals surface area contributed by atoms with Gasteiger partial charge in [-0.25, -0.2) is 9.37 Å². The van der Waals surface area contributed by atoms with Crippen molar-refractivity contribution in [2.24, 2.45) is 0 Å². The van der Waals surface area contributed by atoms with Crippen LogP contribution in [-0.4, -0.2) is 62.0 Å². The van der Waals surface area contributed by atoms with E-state index in [-0.39, 0.29) is 5.75 Å². The number of ether oxygens (including phenoxy) is 1. The summed E-state index contributed by atoms with van der Waals surface area (Å²) in [6, 6.07) is 5.36. The average Bonchev–Trinajstić information content (AvgIpc) is 2.50. The van der Waals surface area contributed by atoms with Crippen LogP contribution in [0.1, 0.15) is 6.92 Å². The van der Waals surface area contributed by atoms with Gasteiger partial charge in [-0.3, -0.25) is 0 Å². The molecule has 0 radical (unpaired) electrons. The number of rotatable bonds is 5. The van der Waals surface area contributed by atoms with Crippen molar-refractivity contribution >= 4 is 28.3 Å². The van der Waals surface area contributed by atoms with E-state index in [4.69, 9.17) is 8.92 Å². The standard InChI is InChI=1S/C14H17N2O6S/c1-4-21-10-5-7-11(8-6-10)22-23(19,20)12-9-15(2)14(18)16(3)13(12)17/h5-9,12H,4H2,1-3H3/q+1. The molecule has 1 atom stereocenters. The van der Waals surface area contributed by atoms with Gasteiger partial charge in [-0.2, -0.15) is 18.1 Å². The summed E-state index contributed by atoms with van der Waals surface area (Å²) >= 11 is 0. The molecule has 0 bridgehead atoms. The van der Waals surface area contributed by atoms with Gasteiger partial charge in [0, 0.05) is 0 Å². The number of carbonyl (C=O) groups excluding carboxylic acids is 2. The molecule has 1 unspecified atom stereocenters. The molecule has 124 valence electrons. The number of carbonyl (C=O) groups is 2. The summed E-state index contributed by atoms with van der Waals surface area (Å²) in [6.07, 6.45) is 1.02. The lowest BCUT2D eigenvalue weighted by Crippen LogP contribution is -2.54. The maximum atomic E-state index is 12.3. The molecule has 1 aromatic carbocycles. The van der Waals surface area contributed by atoms with Crippen molar-refractivity contribution in [3.05, 3.63) is 24.3 Å². The van der Waals surface area contributed by atoms with E-state index in [1.807, 2.05) is 6.92 Å². The third-order valence-electron chi connectivity index (χ3n) is 3.18. The SMILES string of the molecule is CCOc1ccc(OS(=O)(=O)C2C=[N+](C)C(=O)N(C)C2=O)cc1. The highest BCUT2D eigenvalue weighted by atomic mass is 32.2. The van der Waals surface area contributed by atoms with Gasteiger partial charge >= 0.3 is 22.1 Å². The minimum Gasteiger partial charge on any atom is -0.494 e. The third kappa shape index (κ3) is 3.50. The molecule has 0 N–H and O–H groups in total. The Morgan fingerprint density at radius 3 is 2.30 bits per heavy atom. The second kappa shape index (κ2) is 6.37. The quantitative estimate of drug-likeness (QED) is 0.571. The smallest absolute Gasteiger partial charge is 0.494 e. The second-order valence-electron chi connectivity index (χ2n) is 4.84. The number of benzene rings is 1. The van der Waals surface area contributed by atoms with E-state index in [2.05, 4.69) is 0 Å². The summed E-state index contributed by atoms with van der Waals surface area (Å²) in [7, 11) is -1.70. The van der Waals surface area contributed by atoms with Crippen LogP contribution in [0, 0.1) is 0 Å². The van der Waals surface area contributed by atoms with Crippen LogP contribution >= 0.6 is 0 Å². The Morgan fingerprint density at radius 2 is 1.74 bits per heavy atom. The number of hydrogen-bond acceptors (Lipinski definition) is 6. The lowest BCUT2D eigenvalue weighted by atomic mass is 10.3. The van der Waals surface area contributed by atoms with Crippen LogP contribution in [-0.2, 0) is 14.9 Å². The van der Waals surface area contributed by atoms with Crippen molar-refractivity contribution < 1.29 is 31.5 Å².